The number of halogens is 1. The second-order valence-corrected chi connectivity index (χ2v) is 3.66. The standard InChI is InChI=1S/C10H14ClNO/c1-6-3-8(10(12)5-13)7(2)9(11)4-6/h3-4,10,13H,5,12H2,1-2H3. The predicted molar refractivity (Wildman–Crippen MR) is 54.9 cm³/mol. The van der Waals surface area contributed by atoms with Crippen molar-refractivity contribution in [3.05, 3.63) is 33.8 Å². The zero-order valence-electron chi connectivity index (χ0n) is 7.84. The van der Waals surface area contributed by atoms with E-state index >= 15 is 0 Å². The summed E-state index contributed by atoms with van der Waals surface area (Å²) >= 11 is 5.98. The Morgan fingerprint density at radius 2 is 2.08 bits per heavy atom. The van der Waals surface area contributed by atoms with Crippen molar-refractivity contribution >= 4 is 11.6 Å². The van der Waals surface area contributed by atoms with Crippen molar-refractivity contribution in [2.45, 2.75) is 19.9 Å². The Labute approximate surface area is 83.3 Å². The number of hydrogen-bond acceptors (Lipinski definition) is 2. The van der Waals surface area contributed by atoms with Crippen LogP contribution in [0.3, 0.4) is 0 Å². The average Bonchev–Trinajstić information content (AvgIpc) is 2.10. The van der Waals surface area contributed by atoms with E-state index in [4.69, 9.17) is 22.4 Å². The Hall–Kier alpha value is -0.570. The van der Waals surface area contributed by atoms with Gasteiger partial charge in [-0.15, -0.1) is 0 Å². The summed E-state index contributed by atoms with van der Waals surface area (Å²) in [6, 6.07) is 3.52. The molecule has 0 saturated carbocycles. The lowest BCUT2D eigenvalue weighted by molar-refractivity contribution is 0.267. The third-order valence-corrected chi connectivity index (χ3v) is 2.52. The van der Waals surface area contributed by atoms with Gasteiger partial charge in [0.25, 0.3) is 0 Å². The molecule has 0 amide bonds. The van der Waals surface area contributed by atoms with Crippen LogP contribution < -0.4 is 5.73 Å². The van der Waals surface area contributed by atoms with Gasteiger partial charge in [-0.25, -0.2) is 0 Å². The van der Waals surface area contributed by atoms with Gasteiger partial charge in [-0.2, -0.15) is 0 Å². The molecule has 72 valence electrons. The molecule has 1 atom stereocenters. The van der Waals surface area contributed by atoms with E-state index in [1.54, 1.807) is 0 Å². The highest BCUT2D eigenvalue weighted by molar-refractivity contribution is 6.31. The van der Waals surface area contributed by atoms with Gasteiger partial charge in [-0.3, -0.25) is 0 Å². The third-order valence-electron chi connectivity index (χ3n) is 2.12. The van der Waals surface area contributed by atoms with E-state index in [1.165, 1.54) is 0 Å². The summed E-state index contributed by atoms with van der Waals surface area (Å²) in [5.74, 6) is 0. The van der Waals surface area contributed by atoms with E-state index in [0.717, 1.165) is 16.7 Å². The Morgan fingerprint density at radius 3 is 2.62 bits per heavy atom. The maximum absolute atomic E-state index is 8.93. The quantitative estimate of drug-likeness (QED) is 0.765. The molecule has 1 aromatic rings. The van der Waals surface area contributed by atoms with Gasteiger partial charge < -0.3 is 10.8 Å². The Balaban J connectivity index is 3.20. The molecule has 0 aliphatic rings. The Kier molecular flexibility index (Phi) is 3.31. The minimum Gasteiger partial charge on any atom is -0.394 e. The lowest BCUT2D eigenvalue weighted by Gasteiger charge is -2.14. The topological polar surface area (TPSA) is 46.2 Å². The van der Waals surface area contributed by atoms with Crippen molar-refractivity contribution in [3.63, 3.8) is 0 Å². The van der Waals surface area contributed by atoms with Crippen LogP contribution in [-0.4, -0.2) is 11.7 Å². The fraction of sp³-hybridized carbons (Fsp3) is 0.400. The van der Waals surface area contributed by atoms with Crippen LogP contribution >= 0.6 is 11.6 Å². The molecule has 2 nitrogen and oxygen atoms in total. The van der Waals surface area contributed by atoms with Crippen LogP contribution in [0, 0.1) is 13.8 Å². The van der Waals surface area contributed by atoms with Crippen molar-refractivity contribution in [1.82, 2.24) is 0 Å². The van der Waals surface area contributed by atoms with Gasteiger partial charge in [-0.05, 0) is 36.6 Å². The normalized spacial score (nSPS) is 13.0. The van der Waals surface area contributed by atoms with Crippen LogP contribution in [0.5, 0.6) is 0 Å². The maximum Gasteiger partial charge on any atom is 0.0624 e. The number of nitrogens with two attached hydrogens (primary N) is 1. The molecule has 0 aliphatic heterocycles. The summed E-state index contributed by atoms with van der Waals surface area (Å²) < 4.78 is 0. The van der Waals surface area contributed by atoms with Crippen LogP contribution in [0.1, 0.15) is 22.7 Å². The molecule has 0 heterocycles. The lowest BCUT2D eigenvalue weighted by Crippen LogP contribution is -2.16. The molecule has 0 radical (unpaired) electrons. The van der Waals surface area contributed by atoms with E-state index in [9.17, 15) is 0 Å². The maximum atomic E-state index is 8.93. The van der Waals surface area contributed by atoms with Crippen molar-refractivity contribution in [1.29, 1.82) is 0 Å². The van der Waals surface area contributed by atoms with Gasteiger partial charge in [0.2, 0.25) is 0 Å². The summed E-state index contributed by atoms with van der Waals surface area (Å²) in [6.45, 7) is 3.81. The van der Waals surface area contributed by atoms with Crippen molar-refractivity contribution < 1.29 is 5.11 Å². The van der Waals surface area contributed by atoms with Crippen LogP contribution in [0.15, 0.2) is 12.1 Å². The number of aliphatic hydroxyl groups excluding tert-OH is 1. The highest BCUT2D eigenvalue weighted by Gasteiger charge is 2.10. The van der Waals surface area contributed by atoms with Gasteiger partial charge >= 0.3 is 0 Å². The van der Waals surface area contributed by atoms with Crippen LogP contribution in [0.2, 0.25) is 5.02 Å². The first-order valence-corrected chi connectivity index (χ1v) is 4.57. The molecule has 0 fully saturated rings. The van der Waals surface area contributed by atoms with E-state index in [1.807, 2.05) is 26.0 Å². The van der Waals surface area contributed by atoms with Gasteiger partial charge in [-0.1, -0.05) is 17.7 Å². The summed E-state index contributed by atoms with van der Waals surface area (Å²) in [5.41, 5.74) is 8.66. The molecule has 3 N–H and O–H groups in total. The molecule has 0 aliphatic carbocycles. The zero-order valence-corrected chi connectivity index (χ0v) is 8.60. The van der Waals surface area contributed by atoms with E-state index in [0.29, 0.717) is 5.02 Å². The monoisotopic (exact) mass is 199 g/mol. The number of rotatable bonds is 2. The van der Waals surface area contributed by atoms with E-state index in [-0.39, 0.29) is 12.6 Å². The van der Waals surface area contributed by atoms with Crippen molar-refractivity contribution in [2.24, 2.45) is 5.73 Å². The molecule has 13 heavy (non-hydrogen) atoms. The van der Waals surface area contributed by atoms with Crippen LogP contribution in [-0.2, 0) is 0 Å². The molecule has 3 heteroatoms. The summed E-state index contributed by atoms with van der Waals surface area (Å²) in [6.07, 6.45) is 0. The molecule has 0 saturated heterocycles. The first-order valence-electron chi connectivity index (χ1n) is 4.19. The second-order valence-electron chi connectivity index (χ2n) is 3.25. The Bertz CT molecular complexity index is 312. The molecule has 0 spiro atoms. The minimum absolute atomic E-state index is 0.0549. The summed E-state index contributed by atoms with van der Waals surface area (Å²) in [7, 11) is 0. The molecule has 0 aromatic heterocycles. The average molecular weight is 200 g/mol. The first kappa shape index (κ1) is 10.5. The molecule has 0 bridgehead atoms. The van der Waals surface area contributed by atoms with E-state index in [2.05, 4.69) is 0 Å². The van der Waals surface area contributed by atoms with Gasteiger partial charge in [0.15, 0.2) is 0 Å². The fourth-order valence-electron chi connectivity index (χ4n) is 1.32. The highest BCUT2D eigenvalue weighted by Crippen LogP contribution is 2.24. The second kappa shape index (κ2) is 4.09. The fourth-order valence-corrected chi connectivity index (χ4v) is 1.61. The Morgan fingerprint density at radius 1 is 1.46 bits per heavy atom. The van der Waals surface area contributed by atoms with Crippen molar-refractivity contribution in [3.8, 4) is 0 Å². The molecule has 1 rings (SSSR count). The first-order chi connectivity index (χ1) is 6.06. The third kappa shape index (κ3) is 2.21. The SMILES string of the molecule is Cc1cc(Cl)c(C)c(C(N)CO)c1. The van der Waals surface area contributed by atoms with Crippen LogP contribution in [0.4, 0.5) is 0 Å². The summed E-state index contributed by atoms with van der Waals surface area (Å²) in [4.78, 5) is 0. The molecule has 1 unspecified atom stereocenters. The number of benzene rings is 1. The van der Waals surface area contributed by atoms with Gasteiger partial charge in [0.1, 0.15) is 0 Å². The largest absolute Gasteiger partial charge is 0.394 e. The van der Waals surface area contributed by atoms with Crippen molar-refractivity contribution in [2.75, 3.05) is 6.61 Å². The van der Waals surface area contributed by atoms with E-state index < -0.39 is 0 Å². The molecule has 1 aromatic carbocycles. The lowest BCUT2D eigenvalue weighted by atomic mass is 10.00. The zero-order chi connectivity index (χ0) is 10.0. The number of aryl methyl sites for hydroxylation is 1. The summed E-state index contributed by atoms with van der Waals surface area (Å²) in [5, 5.41) is 9.63. The van der Waals surface area contributed by atoms with Gasteiger partial charge in [0.05, 0.1) is 12.6 Å². The van der Waals surface area contributed by atoms with Crippen LogP contribution in [0.25, 0.3) is 0 Å². The highest BCUT2D eigenvalue weighted by atomic mass is 35.5. The smallest absolute Gasteiger partial charge is 0.0624 e. The predicted octanol–water partition coefficient (Wildman–Crippen LogP) is 1.95. The number of aliphatic hydroxyl groups is 1. The van der Waals surface area contributed by atoms with Gasteiger partial charge in [0, 0.05) is 5.02 Å². The minimum atomic E-state index is -0.336. The molecular weight excluding hydrogens is 186 g/mol. The number of hydrogen-bond donors (Lipinski definition) is 2. The molecular formula is C10H14ClNO.